The SMILES string of the molecule is O=C1CCC(N2Cc3ccc(CN4CCN(c5ncnc6ccsc56)CC4)cc3C2S)C(=O)N1. The summed E-state index contributed by atoms with van der Waals surface area (Å²) in [5, 5.41) is 4.41. The Morgan fingerprint density at radius 2 is 1.97 bits per heavy atom. The van der Waals surface area contributed by atoms with Crippen LogP contribution in [0.1, 0.15) is 34.9 Å². The Bertz CT molecular complexity index is 1260. The van der Waals surface area contributed by atoms with E-state index in [1.54, 1.807) is 17.7 Å². The number of amides is 2. The fourth-order valence-corrected chi connectivity index (χ4v) is 6.59. The number of carbonyl (C=O) groups excluding carboxylic acids is 2. The highest BCUT2D eigenvalue weighted by Crippen LogP contribution is 2.39. The molecule has 6 rings (SSSR count). The molecule has 2 fully saturated rings. The first-order chi connectivity index (χ1) is 16.6. The second kappa shape index (κ2) is 8.92. The maximum atomic E-state index is 12.4. The number of thiophene rings is 1. The maximum absolute atomic E-state index is 12.4. The average molecular weight is 495 g/mol. The molecule has 0 radical (unpaired) electrons. The Labute approximate surface area is 207 Å². The van der Waals surface area contributed by atoms with Crippen molar-refractivity contribution in [3.63, 3.8) is 0 Å². The van der Waals surface area contributed by atoms with Crippen LogP contribution in [0.25, 0.3) is 10.2 Å². The first-order valence-corrected chi connectivity index (χ1v) is 13.0. The van der Waals surface area contributed by atoms with Gasteiger partial charge in [-0.2, -0.15) is 12.6 Å². The number of carbonyl (C=O) groups is 2. The van der Waals surface area contributed by atoms with E-state index in [2.05, 4.69) is 53.6 Å². The minimum absolute atomic E-state index is 0.137. The first-order valence-electron chi connectivity index (χ1n) is 11.6. The van der Waals surface area contributed by atoms with Crippen molar-refractivity contribution in [3.8, 4) is 0 Å². The molecule has 0 bridgehead atoms. The monoisotopic (exact) mass is 494 g/mol. The zero-order valence-electron chi connectivity index (χ0n) is 18.7. The van der Waals surface area contributed by atoms with Crippen LogP contribution in [0, 0.1) is 0 Å². The van der Waals surface area contributed by atoms with Crippen LogP contribution in [0.5, 0.6) is 0 Å². The number of benzene rings is 1. The molecule has 176 valence electrons. The predicted octanol–water partition coefficient (Wildman–Crippen LogP) is 2.56. The number of piperazine rings is 1. The molecular weight excluding hydrogens is 468 g/mol. The van der Waals surface area contributed by atoms with Crippen molar-refractivity contribution in [2.75, 3.05) is 31.1 Å². The largest absolute Gasteiger partial charge is 0.353 e. The van der Waals surface area contributed by atoms with E-state index in [1.807, 2.05) is 6.07 Å². The molecule has 0 aliphatic carbocycles. The zero-order chi connectivity index (χ0) is 23.2. The smallest absolute Gasteiger partial charge is 0.243 e. The number of imide groups is 1. The van der Waals surface area contributed by atoms with E-state index < -0.39 is 0 Å². The number of rotatable bonds is 4. The van der Waals surface area contributed by atoms with Crippen LogP contribution < -0.4 is 10.2 Å². The topological polar surface area (TPSA) is 81.7 Å². The van der Waals surface area contributed by atoms with E-state index >= 15 is 0 Å². The number of nitrogens with zero attached hydrogens (tertiary/aromatic N) is 5. The summed E-state index contributed by atoms with van der Waals surface area (Å²) in [6, 6.07) is 8.35. The highest BCUT2D eigenvalue weighted by molar-refractivity contribution is 7.80. The van der Waals surface area contributed by atoms with E-state index in [0.717, 1.165) is 48.8 Å². The lowest BCUT2D eigenvalue weighted by Gasteiger charge is -2.35. The molecule has 10 heteroatoms. The van der Waals surface area contributed by atoms with Gasteiger partial charge < -0.3 is 4.90 Å². The number of piperidine rings is 1. The van der Waals surface area contributed by atoms with Crippen molar-refractivity contribution in [2.24, 2.45) is 0 Å². The Balaban J connectivity index is 1.10. The number of thiol groups is 1. The third kappa shape index (κ3) is 3.98. The molecule has 0 saturated carbocycles. The molecule has 3 aromatic rings. The molecule has 2 amide bonds. The van der Waals surface area contributed by atoms with Gasteiger partial charge in [0, 0.05) is 45.7 Å². The molecule has 8 nitrogen and oxygen atoms in total. The van der Waals surface area contributed by atoms with E-state index in [-0.39, 0.29) is 23.2 Å². The lowest BCUT2D eigenvalue weighted by atomic mass is 10.0. The maximum Gasteiger partial charge on any atom is 0.243 e. The van der Waals surface area contributed by atoms with Gasteiger partial charge in [-0.15, -0.1) is 11.3 Å². The van der Waals surface area contributed by atoms with Crippen LogP contribution in [-0.2, 0) is 22.7 Å². The summed E-state index contributed by atoms with van der Waals surface area (Å²) >= 11 is 6.56. The molecule has 5 heterocycles. The predicted molar refractivity (Wildman–Crippen MR) is 135 cm³/mol. The van der Waals surface area contributed by atoms with Crippen LogP contribution in [0.15, 0.2) is 36.0 Å². The molecule has 2 atom stereocenters. The van der Waals surface area contributed by atoms with Crippen LogP contribution >= 0.6 is 24.0 Å². The van der Waals surface area contributed by atoms with Gasteiger partial charge in [-0.05, 0) is 34.6 Å². The van der Waals surface area contributed by atoms with E-state index in [1.165, 1.54) is 16.7 Å². The number of fused-ring (bicyclic) bond motifs is 2. The highest BCUT2D eigenvalue weighted by atomic mass is 32.1. The van der Waals surface area contributed by atoms with E-state index in [4.69, 9.17) is 12.6 Å². The van der Waals surface area contributed by atoms with Crippen molar-refractivity contribution in [2.45, 2.75) is 37.3 Å². The molecule has 3 aliphatic heterocycles. The van der Waals surface area contributed by atoms with Crippen molar-refractivity contribution in [1.29, 1.82) is 0 Å². The van der Waals surface area contributed by atoms with Crippen molar-refractivity contribution in [3.05, 3.63) is 52.7 Å². The number of anilines is 1. The molecule has 3 aliphatic rings. The summed E-state index contributed by atoms with van der Waals surface area (Å²) in [5.74, 6) is 0.656. The second-order valence-electron chi connectivity index (χ2n) is 9.14. The molecule has 2 saturated heterocycles. The summed E-state index contributed by atoms with van der Waals surface area (Å²) in [6.07, 6.45) is 2.60. The van der Waals surface area contributed by atoms with Crippen molar-refractivity contribution < 1.29 is 9.59 Å². The average Bonchev–Trinajstić information content (AvgIpc) is 3.45. The van der Waals surface area contributed by atoms with Gasteiger partial charge in [0.05, 0.1) is 21.6 Å². The summed E-state index contributed by atoms with van der Waals surface area (Å²) in [4.78, 5) is 39.8. The van der Waals surface area contributed by atoms with E-state index in [0.29, 0.717) is 19.4 Å². The summed E-state index contributed by atoms with van der Waals surface area (Å²) < 4.78 is 1.16. The first kappa shape index (κ1) is 22.0. The Hall–Kier alpha value is -2.53. The third-order valence-corrected chi connectivity index (χ3v) is 8.54. The van der Waals surface area contributed by atoms with Gasteiger partial charge in [0.1, 0.15) is 12.1 Å². The number of hydrogen-bond acceptors (Lipinski definition) is 9. The van der Waals surface area contributed by atoms with Gasteiger partial charge in [0.15, 0.2) is 0 Å². The Morgan fingerprint density at radius 1 is 1.12 bits per heavy atom. The zero-order valence-corrected chi connectivity index (χ0v) is 20.4. The standard InChI is InChI=1S/C24H26N6O2S2/c31-20-4-3-19(23(32)27-20)30-13-16-2-1-15(11-17(16)24(30)33)12-28-6-8-29(9-7-28)22-21-18(5-10-34-21)25-14-26-22/h1-2,5,10-11,14,19,24,33H,3-4,6-9,12-13H2,(H,27,31,32). The van der Waals surface area contributed by atoms with E-state index in [9.17, 15) is 9.59 Å². The number of nitrogens with one attached hydrogen (secondary N) is 1. The summed E-state index contributed by atoms with van der Waals surface area (Å²) in [7, 11) is 0. The van der Waals surface area contributed by atoms with Crippen molar-refractivity contribution in [1.82, 2.24) is 25.1 Å². The number of hydrogen-bond donors (Lipinski definition) is 2. The Morgan fingerprint density at radius 3 is 2.79 bits per heavy atom. The Kier molecular flexibility index (Phi) is 5.76. The quantitative estimate of drug-likeness (QED) is 0.426. The lowest BCUT2D eigenvalue weighted by molar-refractivity contribution is -0.137. The van der Waals surface area contributed by atoms with Crippen LogP contribution in [0.3, 0.4) is 0 Å². The van der Waals surface area contributed by atoms with Crippen LogP contribution in [-0.4, -0.2) is 63.8 Å². The van der Waals surface area contributed by atoms with Gasteiger partial charge in [0.2, 0.25) is 11.8 Å². The van der Waals surface area contributed by atoms with Gasteiger partial charge in [-0.3, -0.25) is 24.7 Å². The highest BCUT2D eigenvalue weighted by Gasteiger charge is 2.39. The van der Waals surface area contributed by atoms with Gasteiger partial charge in [0.25, 0.3) is 0 Å². The van der Waals surface area contributed by atoms with Gasteiger partial charge >= 0.3 is 0 Å². The summed E-state index contributed by atoms with van der Waals surface area (Å²) in [5.41, 5.74) is 4.66. The van der Waals surface area contributed by atoms with Gasteiger partial charge in [-0.25, -0.2) is 9.97 Å². The third-order valence-electron chi connectivity index (χ3n) is 7.07. The van der Waals surface area contributed by atoms with Crippen LogP contribution in [0.4, 0.5) is 5.82 Å². The fourth-order valence-electron chi connectivity index (χ4n) is 5.25. The minimum atomic E-state index is -0.305. The number of aromatic nitrogens is 2. The van der Waals surface area contributed by atoms with Crippen LogP contribution in [0.2, 0.25) is 0 Å². The molecule has 1 N–H and O–H groups in total. The summed E-state index contributed by atoms with van der Waals surface area (Å²) in [6.45, 7) is 5.39. The normalized spacial score (nSPS) is 24.0. The minimum Gasteiger partial charge on any atom is -0.353 e. The molecule has 2 aromatic heterocycles. The lowest BCUT2D eigenvalue weighted by Crippen LogP contribution is -2.51. The fraction of sp³-hybridized carbons (Fsp3) is 0.417. The molecule has 0 spiro atoms. The van der Waals surface area contributed by atoms with Gasteiger partial charge in [-0.1, -0.05) is 18.2 Å². The molecule has 2 unspecified atom stereocenters. The van der Waals surface area contributed by atoms with Crippen molar-refractivity contribution >= 4 is 51.8 Å². The molecule has 1 aromatic carbocycles. The molecular formula is C24H26N6O2S2. The second-order valence-corrected chi connectivity index (χ2v) is 10.5. The molecule has 34 heavy (non-hydrogen) atoms.